The molecule has 2 aromatic rings. The number of nitrogens with zero attached hydrogens (tertiary/aromatic N) is 1. The number of amides is 2. The fraction of sp³-hybridized carbons (Fsp3) is 0.391. The largest absolute Gasteiger partial charge is 0.484 e. The van der Waals surface area contributed by atoms with E-state index in [1.807, 2.05) is 75.4 Å². The molecule has 0 saturated carbocycles. The molecule has 0 unspecified atom stereocenters. The third-order valence-corrected chi connectivity index (χ3v) is 4.48. The molecule has 0 saturated heterocycles. The number of aryl methyl sites for hydroxylation is 1. The van der Waals surface area contributed by atoms with Crippen LogP contribution in [0.25, 0.3) is 0 Å². The van der Waals surface area contributed by atoms with E-state index in [9.17, 15) is 9.59 Å². The molecule has 5 heteroatoms. The van der Waals surface area contributed by atoms with E-state index >= 15 is 0 Å². The van der Waals surface area contributed by atoms with E-state index in [1.165, 1.54) is 0 Å². The average molecular weight is 383 g/mol. The summed E-state index contributed by atoms with van der Waals surface area (Å²) in [6.07, 6.45) is 1.39. The molecule has 0 aliphatic heterocycles. The van der Waals surface area contributed by atoms with Gasteiger partial charge in [-0.15, -0.1) is 0 Å². The van der Waals surface area contributed by atoms with E-state index < -0.39 is 6.04 Å². The lowest BCUT2D eigenvalue weighted by Crippen LogP contribution is -2.50. The fourth-order valence-corrected chi connectivity index (χ4v) is 3.04. The van der Waals surface area contributed by atoms with E-state index in [-0.39, 0.29) is 18.4 Å². The van der Waals surface area contributed by atoms with Crippen LogP contribution in [0.5, 0.6) is 5.75 Å². The minimum absolute atomic E-state index is 0.104. The van der Waals surface area contributed by atoms with Gasteiger partial charge in [-0.25, -0.2) is 0 Å². The molecule has 2 aromatic carbocycles. The van der Waals surface area contributed by atoms with Crippen LogP contribution in [0.1, 0.15) is 37.8 Å². The molecule has 0 fully saturated rings. The van der Waals surface area contributed by atoms with E-state index in [2.05, 4.69) is 5.32 Å². The maximum Gasteiger partial charge on any atom is 0.261 e. The van der Waals surface area contributed by atoms with Crippen LogP contribution in [0.2, 0.25) is 0 Å². The molecular weight excluding hydrogens is 352 g/mol. The molecule has 1 N–H and O–H groups in total. The zero-order valence-corrected chi connectivity index (χ0v) is 17.0. The van der Waals surface area contributed by atoms with Crippen LogP contribution in [0.4, 0.5) is 0 Å². The Morgan fingerprint density at radius 3 is 2.46 bits per heavy atom. The van der Waals surface area contributed by atoms with Gasteiger partial charge in [0.25, 0.3) is 5.91 Å². The highest BCUT2D eigenvalue weighted by molar-refractivity contribution is 5.88. The Hall–Kier alpha value is -2.82. The first-order valence-corrected chi connectivity index (χ1v) is 9.85. The van der Waals surface area contributed by atoms with Crippen LogP contribution in [-0.2, 0) is 16.1 Å². The maximum absolute atomic E-state index is 13.0. The topological polar surface area (TPSA) is 58.6 Å². The zero-order valence-electron chi connectivity index (χ0n) is 17.0. The minimum atomic E-state index is -0.529. The monoisotopic (exact) mass is 382 g/mol. The van der Waals surface area contributed by atoms with Crippen molar-refractivity contribution in [3.05, 3.63) is 65.7 Å². The second-order valence-electron chi connectivity index (χ2n) is 6.83. The fourth-order valence-electron chi connectivity index (χ4n) is 3.04. The second-order valence-corrected chi connectivity index (χ2v) is 6.83. The van der Waals surface area contributed by atoms with Crippen LogP contribution in [0.3, 0.4) is 0 Å². The Bertz CT molecular complexity index is 761. The van der Waals surface area contributed by atoms with Gasteiger partial charge in [-0.1, -0.05) is 61.9 Å². The first-order chi connectivity index (χ1) is 13.5. The Balaban J connectivity index is 2.17. The number of para-hydroxylation sites is 1. The van der Waals surface area contributed by atoms with Crippen molar-refractivity contribution in [2.24, 2.45) is 0 Å². The SMILES string of the molecule is CCCNC(=O)[C@@H](CC)N(Cc1cccc(C)c1)C(=O)COc1ccccc1. The highest BCUT2D eigenvalue weighted by Gasteiger charge is 2.28. The molecule has 28 heavy (non-hydrogen) atoms. The number of carbonyl (C=O) groups is 2. The molecule has 1 atom stereocenters. The van der Waals surface area contributed by atoms with E-state index in [0.717, 1.165) is 17.5 Å². The summed E-state index contributed by atoms with van der Waals surface area (Å²) in [6.45, 7) is 6.81. The van der Waals surface area contributed by atoms with Gasteiger partial charge in [-0.05, 0) is 37.5 Å². The molecule has 0 aromatic heterocycles. The molecular formula is C23H30N2O3. The summed E-state index contributed by atoms with van der Waals surface area (Å²) in [5.74, 6) is 0.309. The predicted octanol–water partition coefficient (Wildman–Crippen LogP) is 3.71. The summed E-state index contributed by atoms with van der Waals surface area (Å²) in [7, 11) is 0. The van der Waals surface area contributed by atoms with Crippen molar-refractivity contribution in [2.45, 2.75) is 46.2 Å². The van der Waals surface area contributed by atoms with Crippen LogP contribution in [0.15, 0.2) is 54.6 Å². The summed E-state index contributed by atoms with van der Waals surface area (Å²) < 4.78 is 5.64. The lowest BCUT2D eigenvalue weighted by atomic mass is 10.1. The summed E-state index contributed by atoms with van der Waals surface area (Å²) in [4.78, 5) is 27.3. The van der Waals surface area contributed by atoms with Crippen molar-refractivity contribution >= 4 is 11.8 Å². The lowest BCUT2D eigenvalue weighted by Gasteiger charge is -2.30. The molecule has 2 rings (SSSR count). The van der Waals surface area contributed by atoms with Gasteiger partial charge in [-0.2, -0.15) is 0 Å². The number of hydrogen-bond donors (Lipinski definition) is 1. The molecule has 5 nitrogen and oxygen atoms in total. The van der Waals surface area contributed by atoms with E-state index in [1.54, 1.807) is 4.90 Å². The van der Waals surface area contributed by atoms with Crippen molar-refractivity contribution in [3.63, 3.8) is 0 Å². The highest BCUT2D eigenvalue weighted by Crippen LogP contribution is 2.15. The third-order valence-electron chi connectivity index (χ3n) is 4.48. The first-order valence-electron chi connectivity index (χ1n) is 9.85. The minimum Gasteiger partial charge on any atom is -0.484 e. The van der Waals surface area contributed by atoms with Gasteiger partial charge in [0.1, 0.15) is 11.8 Å². The normalized spacial score (nSPS) is 11.5. The van der Waals surface area contributed by atoms with Gasteiger partial charge < -0.3 is 15.0 Å². The third kappa shape index (κ3) is 6.41. The van der Waals surface area contributed by atoms with Crippen LogP contribution >= 0.6 is 0 Å². The van der Waals surface area contributed by atoms with Crippen molar-refractivity contribution in [1.29, 1.82) is 0 Å². The second kappa shape index (κ2) is 11.1. The van der Waals surface area contributed by atoms with Gasteiger partial charge in [-0.3, -0.25) is 9.59 Å². The quantitative estimate of drug-likeness (QED) is 0.681. The van der Waals surface area contributed by atoms with Gasteiger partial charge in [0.15, 0.2) is 6.61 Å². The van der Waals surface area contributed by atoms with Gasteiger partial charge >= 0.3 is 0 Å². The molecule has 0 bridgehead atoms. The number of ether oxygens (including phenoxy) is 1. The molecule has 0 heterocycles. The highest BCUT2D eigenvalue weighted by atomic mass is 16.5. The van der Waals surface area contributed by atoms with E-state index in [4.69, 9.17) is 4.74 Å². The Kier molecular flexibility index (Phi) is 8.53. The van der Waals surface area contributed by atoms with Gasteiger partial charge in [0, 0.05) is 13.1 Å². The van der Waals surface area contributed by atoms with Crippen LogP contribution in [0, 0.1) is 6.92 Å². The Labute approximate surface area is 167 Å². The number of benzene rings is 2. The number of nitrogens with one attached hydrogen (secondary N) is 1. The summed E-state index contributed by atoms with van der Waals surface area (Å²) >= 11 is 0. The summed E-state index contributed by atoms with van der Waals surface area (Å²) in [5, 5.41) is 2.92. The molecule has 2 amide bonds. The first kappa shape index (κ1) is 21.5. The summed E-state index contributed by atoms with van der Waals surface area (Å²) in [5.41, 5.74) is 2.11. The average Bonchev–Trinajstić information content (AvgIpc) is 2.71. The summed E-state index contributed by atoms with van der Waals surface area (Å²) in [6, 6.07) is 16.7. The Morgan fingerprint density at radius 2 is 1.82 bits per heavy atom. The molecule has 0 spiro atoms. The maximum atomic E-state index is 13.0. The number of rotatable bonds is 10. The zero-order chi connectivity index (χ0) is 20.4. The van der Waals surface area contributed by atoms with Gasteiger partial charge in [0.05, 0.1) is 0 Å². The predicted molar refractivity (Wildman–Crippen MR) is 111 cm³/mol. The molecule has 0 aliphatic carbocycles. The van der Waals surface area contributed by atoms with Crippen molar-refractivity contribution in [1.82, 2.24) is 10.2 Å². The molecule has 0 radical (unpaired) electrons. The van der Waals surface area contributed by atoms with Gasteiger partial charge in [0.2, 0.25) is 5.91 Å². The molecule has 0 aliphatic rings. The Morgan fingerprint density at radius 1 is 1.07 bits per heavy atom. The lowest BCUT2D eigenvalue weighted by molar-refractivity contribution is -0.143. The number of hydrogen-bond acceptors (Lipinski definition) is 3. The number of carbonyl (C=O) groups excluding carboxylic acids is 2. The van der Waals surface area contributed by atoms with Crippen LogP contribution in [-0.4, -0.2) is 35.9 Å². The standard InChI is InChI=1S/C23H30N2O3/c1-4-14-24-23(27)21(5-2)25(16-19-11-9-10-18(3)15-19)22(26)17-28-20-12-7-6-8-13-20/h6-13,15,21H,4-5,14,16-17H2,1-3H3,(H,24,27)/t21-/m1/s1. The van der Waals surface area contributed by atoms with Crippen molar-refractivity contribution in [2.75, 3.05) is 13.2 Å². The smallest absolute Gasteiger partial charge is 0.261 e. The van der Waals surface area contributed by atoms with Crippen molar-refractivity contribution < 1.29 is 14.3 Å². The van der Waals surface area contributed by atoms with E-state index in [0.29, 0.717) is 25.3 Å². The molecule has 150 valence electrons. The van der Waals surface area contributed by atoms with Crippen LogP contribution < -0.4 is 10.1 Å². The van der Waals surface area contributed by atoms with Crippen molar-refractivity contribution in [3.8, 4) is 5.75 Å².